The maximum atomic E-state index is 5.73. The van der Waals surface area contributed by atoms with Crippen molar-refractivity contribution >= 4 is 33.2 Å². The molecule has 0 aliphatic rings. The van der Waals surface area contributed by atoms with E-state index in [-0.39, 0.29) is 0 Å². The van der Waals surface area contributed by atoms with Gasteiger partial charge in [0.2, 0.25) is 0 Å². The van der Waals surface area contributed by atoms with E-state index >= 15 is 0 Å². The van der Waals surface area contributed by atoms with Crippen LogP contribution in [0.2, 0.25) is 0 Å². The summed E-state index contributed by atoms with van der Waals surface area (Å²) >= 11 is 9.26. The molecule has 0 spiro atoms. The fraction of sp³-hybridized carbons (Fsp3) is 0.400. The van der Waals surface area contributed by atoms with Gasteiger partial charge in [-0.2, -0.15) is 0 Å². The third-order valence-corrected chi connectivity index (χ3v) is 3.00. The molecule has 1 aromatic rings. The Balaban J connectivity index is 2.98. The van der Waals surface area contributed by atoms with Gasteiger partial charge in [-0.3, -0.25) is 0 Å². The molecule has 0 saturated carbocycles. The Morgan fingerprint density at radius 3 is 2.62 bits per heavy atom. The van der Waals surface area contributed by atoms with Crippen LogP contribution in [0.15, 0.2) is 22.7 Å². The highest BCUT2D eigenvalue weighted by Gasteiger charge is 2.03. The number of alkyl halides is 1. The van der Waals surface area contributed by atoms with Crippen LogP contribution < -0.4 is 4.90 Å². The summed E-state index contributed by atoms with van der Waals surface area (Å²) in [6.45, 7) is 3.13. The maximum Gasteiger partial charge on any atom is 0.0508 e. The summed E-state index contributed by atoms with van der Waals surface area (Å²) in [5, 5.41) is 0. The van der Waals surface area contributed by atoms with Crippen molar-refractivity contribution < 1.29 is 0 Å². The minimum absolute atomic E-state index is 0.564. The number of halogens is 2. The summed E-state index contributed by atoms with van der Waals surface area (Å²) in [6.07, 6.45) is 0. The van der Waals surface area contributed by atoms with E-state index in [4.69, 9.17) is 11.6 Å². The first kappa shape index (κ1) is 10.9. The average Bonchev–Trinajstić information content (AvgIpc) is 2.16. The Bertz CT molecular complexity index is 288. The van der Waals surface area contributed by atoms with Gasteiger partial charge in [0.25, 0.3) is 0 Å². The third-order valence-electron chi connectivity index (χ3n) is 2.05. The summed E-state index contributed by atoms with van der Waals surface area (Å²) in [4.78, 5) is 2.18. The molecule has 0 saturated heterocycles. The zero-order valence-corrected chi connectivity index (χ0v) is 10.2. The van der Waals surface area contributed by atoms with Crippen molar-refractivity contribution in [2.75, 3.05) is 18.5 Å². The van der Waals surface area contributed by atoms with Crippen molar-refractivity contribution in [2.45, 2.75) is 12.8 Å². The summed E-state index contributed by atoms with van der Waals surface area (Å²) in [5.74, 6) is 0.564. The fourth-order valence-electron chi connectivity index (χ4n) is 1.11. The zero-order chi connectivity index (χ0) is 9.84. The van der Waals surface area contributed by atoms with E-state index in [1.54, 1.807) is 0 Å². The summed E-state index contributed by atoms with van der Waals surface area (Å²) in [5.41, 5.74) is 2.35. The number of anilines is 1. The van der Waals surface area contributed by atoms with Gasteiger partial charge in [0, 0.05) is 23.9 Å². The number of hydrogen-bond donors (Lipinski definition) is 0. The molecule has 0 heterocycles. The Kier molecular flexibility index (Phi) is 4.07. The highest BCUT2D eigenvalue weighted by molar-refractivity contribution is 9.10. The lowest BCUT2D eigenvalue weighted by Gasteiger charge is -2.18. The average molecular weight is 263 g/mol. The molecular weight excluding hydrogens is 249 g/mol. The van der Waals surface area contributed by atoms with Crippen LogP contribution in [0.3, 0.4) is 0 Å². The van der Waals surface area contributed by atoms with Crippen LogP contribution in [0.1, 0.15) is 12.5 Å². The molecule has 0 bridgehead atoms. The predicted octanol–water partition coefficient (Wildman–Crippen LogP) is 3.64. The molecule has 0 aliphatic carbocycles. The molecule has 0 fully saturated rings. The number of nitrogens with zero attached hydrogens (tertiary/aromatic N) is 1. The molecular formula is C10H13BrClN. The number of rotatable bonds is 3. The quantitative estimate of drug-likeness (QED) is 0.752. The molecule has 13 heavy (non-hydrogen) atoms. The minimum atomic E-state index is 0.564. The van der Waals surface area contributed by atoms with Crippen LogP contribution in [-0.2, 0) is 5.88 Å². The summed E-state index contributed by atoms with van der Waals surface area (Å²) in [6, 6.07) is 6.21. The van der Waals surface area contributed by atoms with Crippen molar-refractivity contribution in [1.82, 2.24) is 0 Å². The molecule has 72 valence electrons. The first-order valence-corrected chi connectivity index (χ1v) is 5.57. The molecule has 0 atom stereocenters. The van der Waals surface area contributed by atoms with E-state index in [9.17, 15) is 0 Å². The lowest BCUT2D eigenvalue weighted by molar-refractivity contribution is 0.964. The molecule has 0 aliphatic heterocycles. The highest BCUT2D eigenvalue weighted by Crippen LogP contribution is 2.26. The van der Waals surface area contributed by atoms with E-state index in [2.05, 4.69) is 53.0 Å². The monoisotopic (exact) mass is 261 g/mol. The molecule has 0 aromatic heterocycles. The lowest BCUT2D eigenvalue weighted by atomic mass is 10.2. The van der Waals surface area contributed by atoms with E-state index in [0.717, 1.165) is 16.6 Å². The third kappa shape index (κ3) is 2.61. The standard InChI is InChI=1S/C10H13BrClN/c1-3-13(2)10-5-4-8(7-12)6-9(10)11/h4-6H,3,7H2,1-2H3. The normalized spacial score (nSPS) is 10.2. The van der Waals surface area contributed by atoms with Crippen LogP contribution in [0, 0.1) is 0 Å². The van der Waals surface area contributed by atoms with Gasteiger partial charge in [0.15, 0.2) is 0 Å². The van der Waals surface area contributed by atoms with Gasteiger partial charge in [-0.25, -0.2) is 0 Å². The highest BCUT2D eigenvalue weighted by atomic mass is 79.9. The predicted molar refractivity (Wildman–Crippen MR) is 62.6 cm³/mol. The molecule has 0 N–H and O–H groups in total. The van der Waals surface area contributed by atoms with Crippen molar-refractivity contribution in [2.24, 2.45) is 0 Å². The summed E-state index contributed by atoms with van der Waals surface area (Å²) < 4.78 is 1.11. The molecule has 1 rings (SSSR count). The smallest absolute Gasteiger partial charge is 0.0508 e. The molecule has 0 radical (unpaired) electrons. The zero-order valence-electron chi connectivity index (χ0n) is 7.85. The van der Waals surface area contributed by atoms with E-state index in [1.165, 1.54) is 5.69 Å². The van der Waals surface area contributed by atoms with E-state index < -0.39 is 0 Å². The van der Waals surface area contributed by atoms with Gasteiger partial charge in [-0.15, -0.1) is 11.6 Å². The van der Waals surface area contributed by atoms with Gasteiger partial charge >= 0.3 is 0 Å². The van der Waals surface area contributed by atoms with Crippen molar-refractivity contribution in [3.8, 4) is 0 Å². The van der Waals surface area contributed by atoms with Gasteiger partial charge in [-0.05, 0) is 40.5 Å². The first-order chi connectivity index (χ1) is 6.19. The first-order valence-electron chi connectivity index (χ1n) is 4.24. The summed E-state index contributed by atoms with van der Waals surface area (Å²) in [7, 11) is 2.07. The molecule has 0 unspecified atom stereocenters. The van der Waals surface area contributed by atoms with Gasteiger partial charge in [0.1, 0.15) is 0 Å². The maximum absolute atomic E-state index is 5.73. The second-order valence-corrected chi connectivity index (χ2v) is 4.06. The molecule has 1 nitrogen and oxygen atoms in total. The van der Waals surface area contributed by atoms with Crippen molar-refractivity contribution in [1.29, 1.82) is 0 Å². The Morgan fingerprint density at radius 2 is 2.15 bits per heavy atom. The second-order valence-electron chi connectivity index (χ2n) is 2.93. The van der Waals surface area contributed by atoms with Crippen molar-refractivity contribution in [3.05, 3.63) is 28.2 Å². The Hall–Kier alpha value is -0.210. The van der Waals surface area contributed by atoms with Crippen LogP contribution in [0.4, 0.5) is 5.69 Å². The van der Waals surface area contributed by atoms with Gasteiger partial charge in [-0.1, -0.05) is 6.07 Å². The SMILES string of the molecule is CCN(C)c1ccc(CCl)cc1Br. The number of benzene rings is 1. The van der Waals surface area contributed by atoms with E-state index in [0.29, 0.717) is 5.88 Å². The van der Waals surface area contributed by atoms with Gasteiger partial charge in [0.05, 0.1) is 5.69 Å². The number of hydrogen-bond acceptors (Lipinski definition) is 1. The minimum Gasteiger partial charge on any atom is -0.374 e. The van der Waals surface area contributed by atoms with E-state index in [1.807, 2.05) is 0 Å². The van der Waals surface area contributed by atoms with Crippen molar-refractivity contribution in [3.63, 3.8) is 0 Å². The van der Waals surface area contributed by atoms with Gasteiger partial charge < -0.3 is 4.90 Å². The van der Waals surface area contributed by atoms with Crippen LogP contribution in [0.25, 0.3) is 0 Å². The van der Waals surface area contributed by atoms with Crippen LogP contribution in [0.5, 0.6) is 0 Å². The Morgan fingerprint density at radius 1 is 1.46 bits per heavy atom. The van der Waals surface area contributed by atoms with Crippen LogP contribution in [-0.4, -0.2) is 13.6 Å². The lowest BCUT2D eigenvalue weighted by Crippen LogP contribution is -2.16. The topological polar surface area (TPSA) is 3.24 Å². The van der Waals surface area contributed by atoms with Crippen LogP contribution >= 0.6 is 27.5 Å². The second kappa shape index (κ2) is 4.87. The fourth-order valence-corrected chi connectivity index (χ4v) is 2.01. The largest absolute Gasteiger partial charge is 0.374 e. The molecule has 1 aromatic carbocycles. The Labute approximate surface area is 92.8 Å². The molecule has 3 heteroatoms. The molecule has 0 amide bonds.